The summed E-state index contributed by atoms with van der Waals surface area (Å²) in [5, 5.41) is 3.64. The highest BCUT2D eigenvalue weighted by molar-refractivity contribution is 6.35. The van der Waals surface area contributed by atoms with Crippen molar-refractivity contribution in [3.63, 3.8) is 0 Å². The molecule has 0 unspecified atom stereocenters. The number of halogens is 2. The minimum absolute atomic E-state index is 0.136. The average molecular weight is 388 g/mol. The molecule has 5 nitrogen and oxygen atoms in total. The van der Waals surface area contributed by atoms with Crippen molar-refractivity contribution in [3.05, 3.63) is 76.7 Å². The SMILES string of the molecule is O=C(COc1ccc(Cl)cc1Cl)NCc1ccc(-c2cccnc2)nc1. The summed E-state index contributed by atoms with van der Waals surface area (Å²) in [6, 6.07) is 12.4. The van der Waals surface area contributed by atoms with E-state index >= 15 is 0 Å². The molecule has 3 aromatic rings. The Labute approximate surface area is 161 Å². The van der Waals surface area contributed by atoms with Crippen LogP contribution < -0.4 is 10.1 Å². The van der Waals surface area contributed by atoms with Crippen molar-refractivity contribution in [2.75, 3.05) is 6.61 Å². The quantitative estimate of drug-likeness (QED) is 0.689. The van der Waals surface area contributed by atoms with Crippen molar-refractivity contribution in [1.29, 1.82) is 0 Å². The minimum atomic E-state index is -0.257. The second-order valence-electron chi connectivity index (χ2n) is 5.43. The zero-order valence-electron chi connectivity index (χ0n) is 13.7. The van der Waals surface area contributed by atoms with Gasteiger partial charge in [-0.15, -0.1) is 0 Å². The van der Waals surface area contributed by atoms with Gasteiger partial charge in [0.15, 0.2) is 6.61 Å². The van der Waals surface area contributed by atoms with E-state index in [2.05, 4.69) is 15.3 Å². The molecular formula is C19H15Cl2N3O2. The number of rotatable bonds is 6. The molecule has 0 saturated heterocycles. The fourth-order valence-electron chi connectivity index (χ4n) is 2.20. The van der Waals surface area contributed by atoms with Crippen LogP contribution in [0.5, 0.6) is 5.75 Å². The number of carbonyl (C=O) groups is 1. The minimum Gasteiger partial charge on any atom is -0.482 e. The number of benzene rings is 1. The highest BCUT2D eigenvalue weighted by Gasteiger charge is 2.07. The molecule has 0 radical (unpaired) electrons. The zero-order valence-corrected chi connectivity index (χ0v) is 15.2. The number of nitrogens with zero attached hydrogens (tertiary/aromatic N) is 2. The van der Waals surface area contributed by atoms with Crippen molar-refractivity contribution in [3.8, 4) is 17.0 Å². The molecule has 3 rings (SSSR count). The largest absolute Gasteiger partial charge is 0.482 e. The fourth-order valence-corrected chi connectivity index (χ4v) is 2.66. The maximum atomic E-state index is 11.9. The number of aromatic nitrogens is 2. The van der Waals surface area contributed by atoms with E-state index in [1.807, 2.05) is 24.3 Å². The van der Waals surface area contributed by atoms with Gasteiger partial charge in [-0.2, -0.15) is 0 Å². The molecule has 7 heteroatoms. The van der Waals surface area contributed by atoms with Crippen molar-refractivity contribution in [1.82, 2.24) is 15.3 Å². The molecule has 0 aliphatic carbocycles. The van der Waals surface area contributed by atoms with Crippen LogP contribution in [0.2, 0.25) is 10.0 Å². The van der Waals surface area contributed by atoms with E-state index in [1.54, 1.807) is 36.8 Å². The van der Waals surface area contributed by atoms with Gasteiger partial charge in [-0.3, -0.25) is 14.8 Å². The second kappa shape index (κ2) is 8.65. The monoisotopic (exact) mass is 387 g/mol. The molecule has 0 atom stereocenters. The van der Waals surface area contributed by atoms with Crippen LogP contribution in [-0.2, 0) is 11.3 Å². The molecule has 0 aliphatic heterocycles. The van der Waals surface area contributed by atoms with Crippen LogP contribution in [0.15, 0.2) is 61.1 Å². The molecule has 1 amide bonds. The first-order valence-electron chi connectivity index (χ1n) is 7.82. The Bertz CT molecular complexity index is 887. The molecular weight excluding hydrogens is 373 g/mol. The first-order chi connectivity index (χ1) is 12.6. The molecule has 26 heavy (non-hydrogen) atoms. The molecule has 0 spiro atoms. The van der Waals surface area contributed by atoms with Gasteiger partial charge in [-0.05, 0) is 42.0 Å². The standard InChI is InChI=1S/C19H15Cl2N3O2/c20-15-4-6-18(16(21)8-15)26-12-19(25)24-10-13-3-5-17(23-9-13)14-2-1-7-22-11-14/h1-9,11H,10,12H2,(H,24,25). The van der Waals surface area contributed by atoms with Gasteiger partial charge in [0.2, 0.25) is 0 Å². The summed E-state index contributed by atoms with van der Waals surface area (Å²) >= 11 is 11.8. The van der Waals surface area contributed by atoms with Crippen LogP contribution in [0.1, 0.15) is 5.56 Å². The van der Waals surface area contributed by atoms with Crippen LogP contribution >= 0.6 is 23.2 Å². The number of ether oxygens (including phenoxy) is 1. The summed E-state index contributed by atoms with van der Waals surface area (Å²) in [5.74, 6) is 0.154. The lowest BCUT2D eigenvalue weighted by Gasteiger charge is -2.09. The summed E-state index contributed by atoms with van der Waals surface area (Å²) in [7, 11) is 0. The molecule has 1 N–H and O–H groups in total. The lowest BCUT2D eigenvalue weighted by Crippen LogP contribution is -2.28. The number of nitrogens with one attached hydrogen (secondary N) is 1. The number of pyridine rings is 2. The fraction of sp³-hybridized carbons (Fsp3) is 0.105. The van der Waals surface area contributed by atoms with E-state index in [-0.39, 0.29) is 12.5 Å². The molecule has 132 valence electrons. The van der Waals surface area contributed by atoms with Crippen molar-refractivity contribution in [2.45, 2.75) is 6.54 Å². The second-order valence-corrected chi connectivity index (χ2v) is 6.28. The van der Waals surface area contributed by atoms with Crippen LogP contribution in [0.3, 0.4) is 0 Å². The molecule has 2 aromatic heterocycles. The van der Waals surface area contributed by atoms with Crippen molar-refractivity contribution >= 4 is 29.1 Å². The summed E-state index contributed by atoms with van der Waals surface area (Å²) in [6.45, 7) is 0.222. The van der Waals surface area contributed by atoms with Gasteiger partial charge in [0, 0.05) is 35.7 Å². The zero-order chi connectivity index (χ0) is 18.4. The molecule has 0 saturated carbocycles. The molecule has 0 fully saturated rings. The van der Waals surface area contributed by atoms with E-state index < -0.39 is 0 Å². The van der Waals surface area contributed by atoms with Gasteiger partial charge in [0.1, 0.15) is 5.75 Å². The van der Waals surface area contributed by atoms with Gasteiger partial charge >= 0.3 is 0 Å². The Hall–Kier alpha value is -2.63. The highest BCUT2D eigenvalue weighted by Crippen LogP contribution is 2.27. The van der Waals surface area contributed by atoms with E-state index in [1.165, 1.54) is 0 Å². The maximum Gasteiger partial charge on any atom is 0.258 e. The first kappa shape index (κ1) is 18.2. The molecule has 0 bridgehead atoms. The normalized spacial score (nSPS) is 10.4. The van der Waals surface area contributed by atoms with E-state index in [4.69, 9.17) is 27.9 Å². The van der Waals surface area contributed by atoms with Crippen molar-refractivity contribution < 1.29 is 9.53 Å². The van der Waals surface area contributed by atoms with Gasteiger partial charge in [-0.25, -0.2) is 0 Å². The number of hydrogen-bond acceptors (Lipinski definition) is 4. The third-order valence-electron chi connectivity index (χ3n) is 3.52. The predicted molar refractivity (Wildman–Crippen MR) is 101 cm³/mol. The van der Waals surface area contributed by atoms with Crippen molar-refractivity contribution in [2.24, 2.45) is 0 Å². The van der Waals surface area contributed by atoms with E-state index in [9.17, 15) is 4.79 Å². The summed E-state index contributed by atoms with van der Waals surface area (Å²) in [6.07, 6.45) is 5.19. The average Bonchev–Trinajstić information content (AvgIpc) is 2.67. The van der Waals surface area contributed by atoms with Gasteiger partial charge in [-0.1, -0.05) is 29.3 Å². The van der Waals surface area contributed by atoms with Gasteiger partial charge < -0.3 is 10.1 Å². The highest BCUT2D eigenvalue weighted by atomic mass is 35.5. The Morgan fingerprint density at radius 1 is 1.12 bits per heavy atom. The number of hydrogen-bond donors (Lipinski definition) is 1. The Morgan fingerprint density at radius 3 is 2.69 bits per heavy atom. The summed E-state index contributed by atoms with van der Waals surface area (Å²) in [5.41, 5.74) is 2.65. The van der Waals surface area contributed by atoms with Crippen LogP contribution in [0.25, 0.3) is 11.3 Å². The summed E-state index contributed by atoms with van der Waals surface area (Å²) in [4.78, 5) is 20.4. The smallest absolute Gasteiger partial charge is 0.258 e. The number of carbonyl (C=O) groups excluding carboxylic acids is 1. The predicted octanol–water partition coefficient (Wildman–Crippen LogP) is 4.15. The first-order valence-corrected chi connectivity index (χ1v) is 8.57. The van der Waals surface area contributed by atoms with Crippen LogP contribution in [0.4, 0.5) is 0 Å². The Kier molecular flexibility index (Phi) is 6.04. The molecule has 0 aliphatic rings. The lowest BCUT2D eigenvalue weighted by atomic mass is 10.1. The summed E-state index contributed by atoms with van der Waals surface area (Å²) < 4.78 is 5.39. The number of amides is 1. The van der Waals surface area contributed by atoms with E-state index in [0.29, 0.717) is 22.3 Å². The lowest BCUT2D eigenvalue weighted by molar-refractivity contribution is -0.123. The van der Waals surface area contributed by atoms with Gasteiger partial charge in [0.05, 0.1) is 10.7 Å². The van der Waals surface area contributed by atoms with Crippen LogP contribution in [-0.4, -0.2) is 22.5 Å². The van der Waals surface area contributed by atoms with Crippen LogP contribution in [0, 0.1) is 0 Å². The molecule has 1 aromatic carbocycles. The van der Waals surface area contributed by atoms with E-state index in [0.717, 1.165) is 16.8 Å². The third-order valence-corrected chi connectivity index (χ3v) is 4.05. The molecule has 2 heterocycles. The Morgan fingerprint density at radius 2 is 2.00 bits per heavy atom. The third kappa shape index (κ3) is 4.94. The van der Waals surface area contributed by atoms with Gasteiger partial charge in [0.25, 0.3) is 5.91 Å². The Balaban J connectivity index is 1.50. The topological polar surface area (TPSA) is 64.1 Å². The maximum absolute atomic E-state index is 11.9.